The zero-order chi connectivity index (χ0) is 23.9. The molecule has 2 aliphatic carbocycles. The molecule has 2 unspecified atom stereocenters. The van der Waals surface area contributed by atoms with Gasteiger partial charge in [-0.15, -0.1) is 0 Å². The number of nitrogens with one attached hydrogen (secondary N) is 2. The van der Waals surface area contributed by atoms with Crippen molar-refractivity contribution in [1.29, 1.82) is 0 Å². The first-order valence-corrected chi connectivity index (χ1v) is 12.1. The van der Waals surface area contributed by atoms with E-state index in [0.29, 0.717) is 32.4 Å². The summed E-state index contributed by atoms with van der Waals surface area (Å²) in [5.74, 6) is -0.555. The monoisotopic (exact) mass is 464 g/mol. The molecule has 0 saturated heterocycles. The van der Waals surface area contributed by atoms with Gasteiger partial charge in [0.2, 0.25) is 5.91 Å². The number of unbranched alkanes of at least 4 members (excludes halogenated alkanes) is 1. The number of alkyl carbamates (subject to hydrolysis) is 1. The first-order valence-electron chi connectivity index (χ1n) is 12.1. The number of hydrogen-bond donors (Lipinski definition) is 3. The maximum atomic E-state index is 12.5. The predicted molar refractivity (Wildman–Crippen MR) is 128 cm³/mol. The van der Waals surface area contributed by atoms with Crippen molar-refractivity contribution in [1.82, 2.24) is 10.6 Å². The molecule has 2 atom stereocenters. The highest BCUT2D eigenvalue weighted by molar-refractivity contribution is 5.79. The van der Waals surface area contributed by atoms with Crippen molar-refractivity contribution < 1.29 is 24.2 Å². The number of carboxylic acid groups (broad SMARTS) is 1. The Labute approximate surface area is 199 Å². The molecule has 2 amide bonds. The lowest BCUT2D eigenvalue weighted by Crippen LogP contribution is -2.34. The number of carboxylic acids is 1. The van der Waals surface area contributed by atoms with Crippen LogP contribution in [0.5, 0.6) is 0 Å². The van der Waals surface area contributed by atoms with E-state index in [0.717, 1.165) is 19.3 Å². The van der Waals surface area contributed by atoms with Crippen LogP contribution in [0.1, 0.15) is 62.0 Å². The molecule has 0 aromatic heterocycles. The number of hydrogen-bond acceptors (Lipinski definition) is 4. The van der Waals surface area contributed by atoms with Crippen molar-refractivity contribution in [2.24, 2.45) is 5.92 Å². The minimum absolute atomic E-state index is 0.0119. The van der Waals surface area contributed by atoms with Crippen LogP contribution in [0.25, 0.3) is 11.1 Å². The number of carbonyl (C=O) groups excluding carboxylic acids is 2. The van der Waals surface area contributed by atoms with E-state index in [1.54, 1.807) is 0 Å². The van der Waals surface area contributed by atoms with Crippen molar-refractivity contribution >= 4 is 18.0 Å². The first-order chi connectivity index (χ1) is 16.5. The summed E-state index contributed by atoms with van der Waals surface area (Å²) in [7, 11) is 0. The lowest BCUT2D eigenvalue weighted by atomic mass is 9.98. The lowest BCUT2D eigenvalue weighted by Gasteiger charge is -2.17. The van der Waals surface area contributed by atoms with E-state index in [9.17, 15) is 14.4 Å². The SMILES string of the molecule is O=C(O)CCCCNC(=O)CC1CCC(NC(=O)OCC2c3ccccc3-c3ccccc32)C1. The Kier molecular flexibility index (Phi) is 7.83. The van der Waals surface area contributed by atoms with E-state index in [2.05, 4.69) is 34.9 Å². The summed E-state index contributed by atoms with van der Waals surface area (Å²) in [5, 5.41) is 14.5. The minimum atomic E-state index is -0.813. The Morgan fingerprint density at radius 2 is 1.62 bits per heavy atom. The van der Waals surface area contributed by atoms with Gasteiger partial charge < -0.3 is 20.5 Å². The Bertz CT molecular complexity index is 992. The second-order valence-electron chi connectivity index (χ2n) is 9.25. The van der Waals surface area contributed by atoms with Gasteiger partial charge in [-0.3, -0.25) is 9.59 Å². The van der Waals surface area contributed by atoms with Crippen LogP contribution >= 0.6 is 0 Å². The van der Waals surface area contributed by atoms with Gasteiger partial charge in [-0.25, -0.2) is 4.79 Å². The summed E-state index contributed by atoms with van der Waals surface area (Å²) >= 11 is 0. The fourth-order valence-electron chi connectivity index (χ4n) is 5.16. The van der Waals surface area contributed by atoms with Crippen LogP contribution in [0.4, 0.5) is 4.79 Å². The molecule has 0 bridgehead atoms. The summed E-state index contributed by atoms with van der Waals surface area (Å²) in [6.07, 6.45) is 3.86. The van der Waals surface area contributed by atoms with Crippen LogP contribution in [-0.2, 0) is 14.3 Å². The normalized spacial score (nSPS) is 18.7. The van der Waals surface area contributed by atoms with Crippen LogP contribution < -0.4 is 10.6 Å². The highest BCUT2D eigenvalue weighted by atomic mass is 16.5. The number of benzene rings is 2. The Morgan fingerprint density at radius 3 is 2.29 bits per heavy atom. The van der Waals surface area contributed by atoms with Gasteiger partial charge in [-0.1, -0.05) is 48.5 Å². The van der Waals surface area contributed by atoms with Gasteiger partial charge in [-0.2, -0.15) is 0 Å². The summed E-state index contributed by atoms with van der Waals surface area (Å²) in [5.41, 5.74) is 4.77. The number of aliphatic carboxylic acids is 1. The molecule has 0 aliphatic heterocycles. The molecule has 2 aliphatic rings. The highest BCUT2D eigenvalue weighted by Gasteiger charge is 2.31. The average Bonchev–Trinajstić information content (AvgIpc) is 3.39. The maximum Gasteiger partial charge on any atom is 0.407 e. The van der Waals surface area contributed by atoms with Gasteiger partial charge in [0.1, 0.15) is 6.61 Å². The number of fused-ring (bicyclic) bond motifs is 3. The Hall–Kier alpha value is -3.35. The van der Waals surface area contributed by atoms with E-state index < -0.39 is 12.1 Å². The number of ether oxygens (including phenoxy) is 1. The van der Waals surface area contributed by atoms with Gasteiger partial charge in [-0.05, 0) is 60.3 Å². The van der Waals surface area contributed by atoms with Crippen LogP contribution in [0.2, 0.25) is 0 Å². The van der Waals surface area contributed by atoms with Gasteiger partial charge in [0.05, 0.1) is 0 Å². The molecule has 0 spiro atoms. The van der Waals surface area contributed by atoms with Crippen LogP contribution in [0, 0.1) is 5.92 Å². The first kappa shape index (κ1) is 23.8. The lowest BCUT2D eigenvalue weighted by molar-refractivity contribution is -0.137. The standard InChI is InChI=1S/C27H32N2O5/c30-25(28-14-6-5-11-26(31)32)16-18-12-13-19(15-18)29-27(33)34-17-24-22-9-3-1-7-20(22)21-8-2-4-10-23(21)24/h1-4,7-10,18-19,24H,5-6,11-17H2,(H,28,30)(H,29,33)(H,31,32). The van der Waals surface area contributed by atoms with Gasteiger partial charge in [0.25, 0.3) is 0 Å². The zero-order valence-corrected chi connectivity index (χ0v) is 19.3. The summed E-state index contributed by atoms with van der Waals surface area (Å²) in [6, 6.07) is 16.5. The van der Waals surface area contributed by atoms with Crippen molar-refractivity contribution in [3.63, 3.8) is 0 Å². The summed E-state index contributed by atoms with van der Waals surface area (Å²) < 4.78 is 5.64. The van der Waals surface area contributed by atoms with Crippen molar-refractivity contribution in [2.75, 3.05) is 13.2 Å². The van der Waals surface area contributed by atoms with Gasteiger partial charge >= 0.3 is 12.1 Å². The van der Waals surface area contributed by atoms with Gasteiger partial charge in [0, 0.05) is 31.3 Å². The van der Waals surface area contributed by atoms with E-state index in [-0.39, 0.29) is 30.2 Å². The molecular weight excluding hydrogens is 432 g/mol. The molecule has 7 nitrogen and oxygen atoms in total. The molecule has 2 aromatic carbocycles. The summed E-state index contributed by atoms with van der Waals surface area (Å²) in [6.45, 7) is 0.792. The molecule has 1 saturated carbocycles. The number of rotatable bonds is 10. The molecule has 7 heteroatoms. The molecule has 1 fully saturated rings. The topological polar surface area (TPSA) is 105 Å². The van der Waals surface area contributed by atoms with Crippen LogP contribution in [-0.4, -0.2) is 42.3 Å². The third-order valence-corrected chi connectivity index (χ3v) is 6.82. The third-order valence-electron chi connectivity index (χ3n) is 6.82. The van der Waals surface area contributed by atoms with Crippen LogP contribution in [0.15, 0.2) is 48.5 Å². The predicted octanol–water partition coefficient (Wildman–Crippen LogP) is 4.46. The maximum absolute atomic E-state index is 12.5. The Morgan fingerprint density at radius 1 is 0.941 bits per heavy atom. The fourth-order valence-corrected chi connectivity index (χ4v) is 5.16. The second-order valence-corrected chi connectivity index (χ2v) is 9.25. The molecule has 4 rings (SSSR count). The number of carbonyl (C=O) groups is 3. The average molecular weight is 465 g/mol. The third kappa shape index (κ3) is 5.95. The Balaban J connectivity index is 1.19. The molecule has 180 valence electrons. The fraction of sp³-hybridized carbons (Fsp3) is 0.444. The minimum Gasteiger partial charge on any atom is -0.481 e. The summed E-state index contributed by atoms with van der Waals surface area (Å²) in [4.78, 5) is 35.2. The zero-order valence-electron chi connectivity index (χ0n) is 19.3. The van der Waals surface area contributed by atoms with Crippen molar-refractivity contribution in [3.05, 3.63) is 59.7 Å². The quantitative estimate of drug-likeness (QED) is 0.451. The van der Waals surface area contributed by atoms with E-state index in [4.69, 9.17) is 9.84 Å². The van der Waals surface area contributed by atoms with E-state index >= 15 is 0 Å². The molecule has 34 heavy (non-hydrogen) atoms. The largest absolute Gasteiger partial charge is 0.481 e. The highest BCUT2D eigenvalue weighted by Crippen LogP contribution is 2.44. The van der Waals surface area contributed by atoms with Crippen LogP contribution in [0.3, 0.4) is 0 Å². The molecule has 2 aromatic rings. The van der Waals surface area contributed by atoms with E-state index in [1.807, 2.05) is 24.3 Å². The van der Waals surface area contributed by atoms with Crippen molar-refractivity contribution in [2.45, 2.75) is 56.9 Å². The smallest absolute Gasteiger partial charge is 0.407 e. The second kappa shape index (κ2) is 11.2. The van der Waals surface area contributed by atoms with Gasteiger partial charge in [0.15, 0.2) is 0 Å². The molecule has 0 heterocycles. The van der Waals surface area contributed by atoms with Crippen molar-refractivity contribution in [3.8, 4) is 11.1 Å². The van der Waals surface area contributed by atoms with E-state index in [1.165, 1.54) is 22.3 Å². The number of amides is 2. The molecular formula is C27H32N2O5. The molecule has 0 radical (unpaired) electrons. The molecule has 3 N–H and O–H groups in total.